The van der Waals surface area contributed by atoms with Crippen molar-refractivity contribution < 1.29 is 9.90 Å². The third-order valence-corrected chi connectivity index (χ3v) is 4.67. The normalized spacial score (nSPS) is 10.5. The van der Waals surface area contributed by atoms with Gasteiger partial charge in [-0.25, -0.2) is 4.79 Å². The SMILES string of the molecule is Cc1ccc(N(c2ccc(C)cc2)c2ccc(C(=O)O)s2)cc1. The zero-order valence-electron chi connectivity index (χ0n) is 13.0. The summed E-state index contributed by atoms with van der Waals surface area (Å²) in [5.74, 6) is -0.894. The maximum Gasteiger partial charge on any atom is 0.345 e. The molecule has 4 heteroatoms. The summed E-state index contributed by atoms with van der Waals surface area (Å²) in [4.78, 5) is 13.6. The number of thiophene rings is 1. The fraction of sp³-hybridized carbons (Fsp3) is 0.105. The molecule has 0 unspecified atom stereocenters. The minimum atomic E-state index is -0.894. The number of carboxylic acid groups (broad SMARTS) is 1. The Labute approximate surface area is 139 Å². The van der Waals surface area contributed by atoms with Crippen LogP contribution in [0.15, 0.2) is 60.7 Å². The predicted molar refractivity (Wildman–Crippen MR) is 95.4 cm³/mol. The molecule has 3 aromatic rings. The van der Waals surface area contributed by atoms with E-state index in [9.17, 15) is 9.90 Å². The number of carbonyl (C=O) groups is 1. The molecule has 116 valence electrons. The number of hydrogen-bond donors (Lipinski definition) is 1. The Morgan fingerprint density at radius 3 is 1.70 bits per heavy atom. The van der Waals surface area contributed by atoms with E-state index >= 15 is 0 Å². The van der Waals surface area contributed by atoms with Crippen LogP contribution in [-0.4, -0.2) is 11.1 Å². The zero-order chi connectivity index (χ0) is 16.4. The highest BCUT2D eigenvalue weighted by Gasteiger charge is 2.16. The molecule has 0 saturated carbocycles. The van der Waals surface area contributed by atoms with Gasteiger partial charge in [0.15, 0.2) is 0 Å². The Morgan fingerprint density at radius 2 is 1.30 bits per heavy atom. The van der Waals surface area contributed by atoms with E-state index in [1.807, 2.05) is 19.9 Å². The van der Waals surface area contributed by atoms with Gasteiger partial charge in [-0.2, -0.15) is 0 Å². The van der Waals surface area contributed by atoms with Crippen molar-refractivity contribution in [2.24, 2.45) is 0 Å². The van der Waals surface area contributed by atoms with E-state index in [0.29, 0.717) is 4.88 Å². The summed E-state index contributed by atoms with van der Waals surface area (Å²) in [6.07, 6.45) is 0. The molecule has 0 amide bonds. The highest BCUT2D eigenvalue weighted by atomic mass is 32.1. The molecule has 1 aromatic heterocycles. The number of anilines is 3. The lowest BCUT2D eigenvalue weighted by atomic mass is 10.1. The van der Waals surface area contributed by atoms with Crippen molar-refractivity contribution in [3.63, 3.8) is 0 Å². The van der Waals surface area contributed by atoms with Crippen LogP contribution in [0.2, 0.25) is 0 Å². The molecule has 1 heterocycles. The summed E-state index contributed by atoms with van der Waals surface area (Å²) < 4.78 is 0. The van der Waals surface area contributed by atoms with Gasteiger partial charge in [0, 0.05) is 11.4 Å². The van der Waals surface area contributed by atoms with Gasteiger partial charge < -0.3 is 10.0 Å². The summed E-state index contributed by atoms with van der Waals surface area (Å²) in [6.45, 7) is 4.10. The molecule has 2 aromatic carbocycles. The Bertz CT molecular complexity index is 774. The molecule has 0 radical (unpaired) electrons. The summed E-state index contributed by atoms with van der Waals surface area (Å²) in [7, 11) is 0. The topological polar surface area (TPSA) is 40.5 Å². The summed E-state index contributed by atoms with van der Waals surface area (Å²) in [6, 6.07) is 19.9. The lowest BCUT2D eigenvalue weighted by Gasteiger charge is -2.23. The lowest BCUT2D eigenvalue weighted by Crippen LogP contribution is -2.08. The van der Waals surface area contributed by atoms with Crippen LogP contribution in [0, 0.1) is 13.8 Å². The second-order valence-corrected chi connectivity index (χ2v) is 6.51. The fourth-order valence-electron chi connectivity index (χ4n) is 2.35. The van der Waals surface area contributed by atoms with E-state index in [1.54, 1.807) is 6.07 Å². The molecule has 1 N–H and O–H groups in total. The van der Waals surface area contributed by atoms with Gasteiger partial charge in [-0.05, 0) is 50.2 Å². The highest BCUT2D eigenvalue weighted by Crippen LogP contribution is 2.38. The van der Waals surface area contributed by atoms with Crippen molar-refractivity contribution in [2.45, 2.75) is 13.8 Å². The molecule has 0 aliphatic carbocycles. The quantitative estimate of drug-likeness (QED) is 0.686. The van der Waals surface area contributed by atoms with Crippen molar-refractivity contribution in [3.05, 3.63) is 76.7 Å². The van der Waals surface area contributed by atoms with Crippen molar-refractivity contribution >= 4 is 33.7 Å². The number of rotatable bonds is 4. The molecule has 0 spiro atoms. The van der Waals surface area contributed by atoms with Crippen LogP contribution in [0.3, 0.4) is 0 Å². The van der Waals surface area contributed by atoms with Crippen LogP contribution in [0.4, 0.5) is 16.4 Å². The van der Waals surface area contributed by atoms with Crippen molar-refractivity contribution in [3.8, 4) is 0 Å². The zero-order valence-corrected chi connectivity index (χ0v) is 13.8. The third-order valence-electron chi connectivity index (χ3n) is 3.61. The lowest BCUT2D eigenvalue weighted by molar-refractivity contribution is 0.0702. The first kappa shape index (κ1) is 15.3. The average Bonchev–Trinajstić information content (AvgIpc) is 3.01. The van der Waals surface area contributed by atoms with Crippen LogP contribution in [0.5, 0.6) is 0 Å². The highest BCUT2D eigenvalue weighted by molar-refractivity contribution is 7.18. The van der Waals surface area contributed by atoms with Crippen LogP contribution < -0.4 is 4.90 Å². The largest absolute Gasteiger partial charge is 0.477 e. The van der Waals surface area contributed by atoms with E-state index in [-0.39, 0.29) is 0 Å². The summed E-state index contributed by atoms with van der Waals surface area (Å²) in [5, 5.41) is 10.1. The average molecular weight is 323 g/mol. The number of benzene rings is 2. The molecule has 3 rings (SSSR count). The number of aromatic carboxylic acids is 1. The standard InChI is InChI=1S/C19H17NO2S/c1-13-3-7-15(8-4-13)20(16-9-5-14(2)6-10-16)18-12-11-17(23-18)19(21)22/h3-12H,1-2H3,(H,21,22). The smallest absolute Gasteiger partial charge is 0.345 e. The first-order valence-corrected chi connectivity index (χ1v) is 8.13. The molecule has 3 nitrogen and oxygen atoms in total. The van der Waals surface area contributed by atoms with E-state index in [0.717, 1.165) is 16.4 Å². The van der Waals surface area contributed by atoms with Gasteiger partial charge >= 0.3 is 5.97 Å². The van der Waals surface area contributed by atoms with Gasteiger partial charge in [-0.3, -0.25) is 0 Å². The Kier molecular flexibility index (Phi) is 4.17. The van der Waals surface area contributed by atoms with E-state index in [4.69, 9.17) is 0 Å². The Morgan fingerprint density at radius 1 is 0.826 bits per heavy atom. The Hall–Kier alpha value is -2.59. The van der Waals surface area contributed by atoms with E-state index in [1.165, 1.54) is 22.5 Å². The van der Waals surface area contributed by atoms with E-state index < -0.39 is 5.97 Å². The van der Waals surface area contributed by atoms with Crippen LogP contribution in [-0.2, 0) is 0 Å². The number of aryl methyl sites for hydroxylation is 2. The molecule has 0 aliphatic rings. The summed E-state index contributed by atoms with van der Waals surface area (Å²) >= 11 is 1.27. The van der Waals surface area contributed by atoms with Gasteiger partial charge in [-0.1, -0.05) is 35.4 Å². The first-order valence-electron chi connectivity index (χ1n) is 7.31. The molecule has 0 fully saturated rings. The fourth-order valence-corrected chi connectivity index (χ4v) is 3.24. The number of hydrogen-bond acceptors (Lipinski definition) is 3. The van der Waals surface area contributed by atoms with Crippen molar-refractivity contribution in [1.82, 2.24) is 0 Å². The molecule has 0 aliphatic heterocycles. The van der Waals surface area contributed by atoms with Crippen molar-refractivity contribution in [2.75, 3.05) is 4.90 Å². The van der Waals surface area contributed by atoms with Gasteiger partial charge in [0.1, 0.15) is 9.88 Å². The minimum absolute atomic E-state index is 0.337. The van der Waals surface area contributed by atoms with Gasteiger partial charge in [0.2, 0.25) is 0 Å². The van der Waals surface area contributed by atoms with Crippen LogP contribution in [0.25, 0.3) is 0 Å². The third kappa shape index (κ3) is 3.27. The molecule has 0 atom stereocenters. The molecular weight excluding hydrogens is 306 g/mol. The maximum atomic E-state index is 11.2. The molecule has 0 saturated heterocycles. The van der Waals surface area contributed by atoms with Crippen molar-refractivity contribution in [1.29, 1.82) is 0 Å². The van der Waals surface area contributed by atoms with Gasteiger partial charge in [-0.15, -0.1) is 11.3 Å². The Balaban J connectivity index is 2.10. The monoisotopic (exact) mass is 323 g/mol. The van der Waals surface area contributed by atoms with Gasteiger partial charge in [0.05, 0.1) is 0 Å². The second-order valence-electron chi connectivity index (χ2n) is 5.45. The predicted octanol–water partition coefficient (Wildman–Crippen LogP) is 5.53. The molecule has 0 bridgehead atoms. The number of carboxylic acids is 1. The van der Waals surface area contributed by atoms with E-state index in [2.05, 4.69) is 53.4 Å². The molecular formula is C19H17NO2S. The minimum Gasteiger partial charge on any atom is -0.477 e. The van der Waals surface area contributed by atoms with Crippen LogP contribution >= 0.6 is 11.3 Å². The second kappa shape index (κ2) is 6.26. The van der Waals surface area contributed by atoms with Gasteiger partial charge in [0.25, 0.3) is 0 Å². The maximum absolute atomic E-state index is 11.2. The molecule has 23 heavy (non-hydrogen) atoms. The van der Waals surface area contributed by atoms with Crippen LogP contribution in [0.1, 0.15) is 20.8 Å². The summed E-state index contributed by atoms with van der Waals surface area (Å²) in [5.41, 5.74) is 4.40. The number of nitrogens with zero attached hydrogens (tertiary/aromatic N) is 1. The first-order chi connectivity index (χ1) is 11.0.